The van der Waals surface area contributed by atoms with E-state index in [0.717, 1.165) is 23.0 Å². The van der Waals surface area contributed by atoms with E-state index in [1.165, 1.54) is 5.56 Å². The quantitative estimate of drug-likeness (QED) is 0.786. The smallest absolute Gasteiger partial charge is 0.105 e. The topological polar surface area (TPSA) is 18.5 Å². The van der Waals surface area contributed by atoms with Gasteiger partial charge in [-0.05, 0) is 17.7 Å². The first kappa shape index (κ1) is 11.6. The average molecular weight is 336 g/mol. The van der Waals surface area contributed by atoms with Crippen molar-refractivity contribution in [3.63, 3.8) is 0 Å². The highest BCUT2D eigenvalue weighted by atomic mass is 79.9. The fourth-order valence-electron chi connectivity index (χ4n) is 1.41. The van der Waals surface area contributed by atoms with Crippen molar-refractivity contribution in [2.75, 3.05) is 18.5 Å². The summed E-state index contributed by atoms with van der Waals surface area (Å²) in [6, 6.07) is 8.22. The fourth-order valence-corrected chi connectivity index (χ4v) is 2.20. The summed E-state index contributed by atoms with van der Waals surface area (Å²) in [6.07, 6.45) is 0.378. The van der Waals surface area contributed by atoms with Gasteiger partial charge in [-0.3, -0.25) is 0 Å². The third kappa shape index (κ3) is 3.03. The van der Waals surface area contributed by atoms with E-state index in [-0.39, 0.29) is 12.2 Å². The van der Waals surface area contributed by atoms with Crippen LogP contribution in [0.1, 0.15) is 11.7 Å². The van der Waals surface area contributed by atoms with E-state index in [2.05, 4.69) is 44.0 Å². The van der Waals surface area contributed by atoms with Crippen molar-refractivity contribution in [2.24, 2.45) is 0 Å². The molecule has 1 atom stereocenters. The van der Waals surface area contributed by atoms with E-state index < -0.39 is 0 Å². The molecule has 4 heteroatoms. The molecule has 1 aliphatic heterocycles. The van der Waals surface area contributed by atoms with Crippen LogP contribution in [-0.2, 0) is 9.47 Å². The second-order valence-electron chi connectivity index (χ2n) is 3.49. The van der Waals surface area contributed by atoms with Gasteiger partial charge in [0.15, 0.2) is 0 Å². The molecule has 1 unspecified atom stereocenters. The Labute approximate surface area is 106 Å². The number of ether oxygens (including phenoxy) is 2. The van der Waals surface area contributed by atoms with Crippen LogP contribution in [0.2, 0.25) is 0 Å². The van der Waals surface area contributed by atoms with Crippen LogP contribution in [0.3, 0.4) is 0 Å². The summed E-state index contributed by atoms with van der Waals surface area (Å²) >= 11 is 6.89. The lowest BCUT2D eigenvalue weighted by molar-refractivity contribution is -0.150. The molecule has 1 saturated heterocycles. The molecule has 0 amide bonds. The zero-order chi connectivity index (χ0) is 10.7. The predicted octanol–water partition coefficient (Wildman–Crippen LogP) is 3.30. The molecule has 0 saturated carbocycles. The first-order chi connectivity index (χ1) is 7.29. The highest BCUT2D eigenvalue weighted by molar-refractivity contribution is 9.10. The van der Waals surface area contributed by atoms with Crippen LogP contribution >= 0.6 is 31.9 Å². The Morgan fingerprint density at radius 2 is 2.00 bits per heavy atom. The number of hydrogen-bond acceptors (Lipinski definition) is 2. The second-order valence-corrected chi connectivity index (χ2v) is 5.05. The number of rotatable bonds is 4. The molecule has 0 bridgehead atoms. The molecule has 1 aromatic carbocycles. The van der Waals surface area contributed by atoms with Crippen LogP contribution in [0.25, 0.3) is 0 Å². The molecule has 0 aliphatic carbocycles. The molecule has 0 N–H and O–H groups in total. The minimum atomic E-state index is 0.118. The normalized spacial score (nSPS) is 18.5. The van der Waals surface area contributed by atoms with Crippen molar-refractivity contribution in [1.82, 2.24) is 0 Å². The lowest BCUT2D eigenvalue weighted by Gasteiger charge is -2.30. The van der Waals surface area contributed by atoms with E-state index in [4.69, 9.17) is 9.47 Å². The summed E-state index contributed by atoms with van der Waals surface area (Å²) < 4.78 is 12.1. The largest absolute Gasteiger partial charge is 0.376 e. The Kier molecular flexibility index (Phi) is 4.20. The van der Waals surface area contributed by atoms with Gasteiger partial charge >= 0.3 is 0 Å². The SMILES string of the molecule is BrCC(OC1COC1)c1ccc(Br)cc1. The van der Waals surface area contributed by atoms with Crippen LogP contribution in [0.4, 0.5) is 0 Å². The van der Waals surface area contributed by atoms with Gasteiger partial charge in [-0.15, -0.1) is 0 Å². The molecule has 15 heavy (non-hydrogen) atoms. The van der Waals surface area contributed by atoms with Gasteiger partial charge in [0.2, 0.25) is 0 Å². The van der Waals surface area contributed by atoms with E-state index in [1.807, 2.05) is 12.1 Å². The maximum Gasteiger partial charge on any atom is 0.105 e. The number of halogens is 2. The van der Waals surface area contributed by atoms with E-state index >= 15 is 0 Å². The third-order valence-corrected chi connectivity index (χ3v) is 3.46. The number of alkyl halides is 1. The predicted molar refractivity (Wildman–Crippen MR) is 66.4 cm³/mol. The van der Waals surface area contributed by atoms with Crippen LogP contribution < -0.4 is 0 Å². The lowest BCUT2D eigenvalue weighted by Crippen LogP contribution is -2.37. The Bertz CT molecular complexity index is 309. The third-order valence-electron chi connectivity index (χ3n) is 2.35. The van der Waals surface area contributed by atoms with Crippen molar-refractivity contribution in [3.8, 4) is 0 Å². The van der Waals surface area contributed by atoms with Gasteiger partial charge in [0, 0.05) is 9.80 Å². The fraction of sp³-hybridized carbons (Fsp3) is 0.455. The molecule has 0 aromatic heterocycles. The van der Waals surface area contributed by atoms with Crippen LogP contribution in [0.15, 0.2) is 28.7 Å². The highest BCUT2D eigenvalue weighted by Crippen LogP contribution is 2.25. The number of benzene rings is 1. The monoisotopic (exact) mass is 334 g/mol. The first-order valence-corrected chi connectivity index (χ1v) is 6.75. The van der Waals surface area contributed by atoms with Crippen molar-refractivity contribution in [3.05, 3.63) is 34.3 Å². The van der Waals surface area contributed by atoms with E-state index in [0.29, 0.717) is 0 Å². The van der Waals surface area contributed by atoms with Gasteiger partial charge in [0.25, 0.3) is 0 Å². The molecular formula is C11H12Br2O2. The molecule has 2 rings (SSSR count). The Morgan fingerprint density at radius 1 is 1.33 bits per heavy atom. The molecule has 2 nitrogen and oxygen atoms in total. The summed E-state index contributed by atoms with van der Waals surface area (Å²) in [6.45, 7) is 1.44. The van der Waals surface area contributed by atoms with Gasteiger partial charge in [-0.25, -0.2) is 0 Å². The van der Waals surface area contributed by atoms with Crippen LogP contribution in [0, 0.1) is 0 Å². The van der Waals surface area contributed by atoms with Gasteiger partial charge < -0.3 is 9.47 Å². The molecule has 1 fully saturated rings. The molecule has 1 heterocycles. The van der Waals surface area contributed by atoms with Gasteiger partial charge in [-0.1, -0.05) is 44.0 Å². The zero-order valence-electron chi connectivity index (χ0n) is 8.16. The maximum absolute atomic E-state index is 5.87. The van der Waals surface area contributed by atoms with Crippen molar-refractivity contribution >= 4 is 31.9 Å². The van der Waals surface area contributed by atoms with E-state index in [9.17, 15) is 0 Å². The Hall–Kier alpha value is 0.100. The van der Waals surface area contributed by atoms with Crippen molar-refractivity contribution in [2.45, 2.75) is 12.2 Å². The first-order valence-electron chi connectivity index (χ1n) is 4.84. The maximum atomic E-state index is 5.87. The number of hydrogen-bond donors (Lipinski definition) is 0. The molecule has 0 spiro atoms. The van der Waals surface area contributed by atoms with E-state index in [1.54, 1.807) is 0 Å². The van der Waals surface area contributed by atoms with Gasteiger partial charge in [-0.2, -0.15) is 0 Å². The lowest BCUT2D eigenvalue weighted by atomic mass is 10.1. The molecule has 82 valence electrons. The van der Waals surface area contributed by atoms with Crippen molar-refractivity contribution < 1.29 is 9.47 Å². The summed E-state index contributed by atoms with van der Waals surface area (Å²) in [4.78, 5) is 0. The standard InChI is InChI=1S/C11H12Br2O2/c12-5-11(15-10-6-14-7-10)8-1-3-9(13)4-2-8/h1-4,10-11H,5-7H2. The average Bonchev–Trinajstić information content (AvgIpc) is 2.19. The zero-order valence-corrected chi connectivity index (χ0v) is 11.3. The molecule has 1 aromatic rings. The summed E-state index contributed by atoms with van der Waals surface area (Å²) in [5.74, 6) is 0. The van der Waals surface area contributed by atoms with Gasteiger partial charge in [0.05, 0.1) is 19.3 Å². The summed E-state index contributed by atoms with van der Waals surface area (Å²) in [7, 11) is 0. The summed E-state index contributed by atoms with van der Waals surface area (Å²) in [5, 5.41) is 0.811. The Balaban J connectivity index is 2.01. The second kappa shape index (κ2) is 5.43. The minimum absolute atomic E-state index is 0.118. The molecule has 1 aliphatic rings. The van der Waals surface area contributed by atoms with Crippen molar-refractivity contribution in [1.29, 1.82) is 0 Å². The van der Waals surface area contributed by atoms with Crippen LogP contribution in [0.5, 0.6) is 0 Å². The molecular weight excluding hydrogens is 324 g/mol. The van der Waals surface area contributed by atoms with Gasteiger partial charge in [0.1, 0.15) is 6.10 Å². The molecule has 0 radical (unpaired) electrons. The Morgan fingerprint density at radius 3 is 2.47 bits per heavy atom. The highest BCUT2D eigenvalue weighted by Gasteiger charge is 2.23. The summed E-state index contributed by atoms with van der Waals surface area (Å²) in [5.41, 5.74) is 1.20. The van der Waals surface area contributed by atoms with Crippen LogP contribution in [-0.4, -0.2) is 24.6 Å². The minimum Gasteiger partial charge on any atom is -0.376 e.